The lowest BCUT2D eigenvalue weighted by molar-refractivity contribution is -0.428. The second-order valence-electron chi connectivity index (χ2n) is 6.85. The van der Waals surface area contributed by atoms with Gasteiger partial charge in [0.05, 0.1) is 10.2 Å². The van der Waals surface area contributed by atoms with Crippen LogP contribution in [0.25, 0.3) is 0 Å². The van der Waals surface area contributed by atoms with Crippen LogP contribution < -0.4 is 11.2 Å². The van der Waals surface area contributed by atoms with Crippen LogP contribution >= 0.6 is 22.6 Å². The summed E-state index contributed by atoms with van der Waals surface area (Å²) in [4.78, 5) is 25.7. The van der Waals surface area contributed by atoms with Crippen molar-refractivity contribution < 1.29 is 34.8 Å². The Hall–Kier alpha value is -0.940. The van der Waals surface area contributed by atoms with Gasteiger partial charge in [-0.25, -0.2) is 13.8 Å². The first-order chi connectivity index (χ1) is 13.5. The quantitative estimate of drug-likeness (QED) is 0.0778. The standard InChI is InChI=1S/C16H25FIN3O8/c1-2-3-4-5-6-11(17)21(28)15(26)12(23)10(8-22)29-16(15,27)20-7-9(18)13(24)19-14(20)25/h7,10-12,22-23,26-28H,2-6,8H2,1H3,(H,19,24,25)/t10-,11?,12-,15-,16-/m1/s1. The number of ether oxygens (including phenoxy) is 1. The molecule has 13 heteroatoms. The molecular weight excluding hydrogens is 508 g/mol. The average molecular weight is 533 g/mol. The van der Waals surface area contributed by atoms with Gasteiger partial charge in [-0.1, -0.05) is 26.2 Å². The third-order valence-electron chi connectivity index (χ3n) is 4.88. The summed E-state index contributed by atoms with van der Waals surface area (Å²) in [5.74, 6) is -3.23. The summed E-state index contributed by atoms with van der Waals surface area (Å²) in [6.45, 7) is 1.03. The van der Waals surface area contributed by atoms with Gasteiger partial charge in [0, 0.05) is 6.20 Å². The third-order valence-corrected chi connectivity index (χ3v) is 5.64. The molecule has 0 aromatic carbocycles. The Kier molecular flexibility index (Phi) is 7.94. The fourth-order valence-electron chi connectivity index (χ4n) is 3.22. The van der Waals surface area contributed by atoms with Gasteiger partial charge in [0.15, 0.2) is 6.30 Å². The second-order valence-corrected chi connectivity index (χ2v) is 8.01. The van der Waals surface area contributed by atoms with E-state index >= 15 is 0 Å². The molecule has 2 heterocycles. The van der Waals surface area contributed by atoms with Crippen molar-refractivity contribution in [3.05, 3.63) is 30.6 Å². The molecule has 0 radical (unpaired) electrons. The minimum Gasteiger partial charge on any atom is -0.394 e. The highest BCUT2D eigenvalue weighted by Gasteiger charge is 2.71. The van der Waals surface area contributed by atoms with E-state index in [1.165, 1.54) is 22.6 Å². The Bertz CT molecular complexity index is 822. The predicted octanol–water partition coefficient (Wildman–Crippen LogP) is -0.858. The van der Waals surface area contributed by atoms with Crippen molar-refractivity contribution in [2.24, 2.45) is 0 Å². The molecule has 0 saturated carbocycles. The zero-order valence-electron chi connectivity index (χ0n) is 15.7. The molecule has 2 rings (SSSR count). The van der Waals surface area contributed by atoms with Crippen LogP contribution in [0.4, 0.5) is 4.39 Å². The Morgan fingerprint density at radius 2 is 2.03 bits per heavy atom. The molecule has 166 valence electrons. The SMILES string of the molecule is CCCCCCC(F)N(O)[C@@]1(O)[C@H](O)[C@@H](CO)O[C@@]1(O)n1cc(I)c(=O)[nH]c1=O. The largest absolute Gasteiger partial charge is 0.394 e. The first kappa shape index (κ1) is 24.3. The van der Waals surface area contributed by atoms with Gasteiger partial charge in [-0.15, -0.1) is 5.06 Å². The Morgan fingerprint density at radius 3 is 2.62 bits per heavy atom. The summed E-state index contributed by atoms with van der Waals surface area (Å²) in [5.41, 5.74) is -5.33. The Morgan fingerprint density at radius 1 is 1.38 bits per heavy atom. The van der Waals surface area contributed by atoms with Crippen LogP contribution in [-0.4, -0.2) is 71.1 Å². The maximum atomic E-state index is 14.7. The normalized spacial score (nSPS) is 30.8. The van der Waals surface area contributed by atoms with Crippen molar-refractivity contribution in [3.63, 3.8) is 0 Å². The number of halogens is 2. The summed E-state index contributed by atoms with van der Waals surface area (Å²) < 4.78 is 19.9. The van der Waals surface area contributed by atoms with E-state index in [-0.39, 0.29) is 15.1 Å². The van der Waals surface area contributed by atoms with Gasteiger partial charge < -0.3 is 30.4 Å². The van der Waals surface area contributed by atoms with Gasteiger partial charge in [-0.05, 0) is 35.4 Å². The highest BCUT2D eigenvalue weighted by molar-refractivity contribution is 14.1. The van der Waals surface area contributed by atoms with Crippen LogP contribution in [0.3, 0.4) is 0 Å². The van der Waals surface area contributed by atoms with Crippen LogP contribution in [-0.2, 0) is 10.6 Å². The molecule has 1 aliphatic rings. The smallest absolute Gasteiger partial charge is 0.332 e. The summed E-state index contributed by atoms with van der Waals surface area (Å²) >= 11 is 1.53. The molecule has 5 atom stereocenters. The Balaban J connectivity index is 2.48. The van der Waals surface area contributed by atoms with Crippen molar-refractivity contribution >= 4 is 22.6 Å². The molecule has 1 unspecified atom stereocenters. The van der Waals surface area contributed by atoms with Crippen LogP contribution in [0.1, 0.15) is 39.0 Å². The summed E-state index contributed by atoms with van der Waals surface area (Å²) in [6, 6.07) is 0. The van der Waals surface area contributed by atoms with E-state index in [4.69, 9.17) is 4.74 Å². The van der Waals surface area contributed by atoms with Gasteiger partial charge in [0.2, 0.25) is 5.72 Å². The number of alkyl halides is 1. The number of hydrogen-bond donors (Lipinski definition) is 6. The van der Waals surface area contributed by atoms with E-state index in [9.17, 15) is 39.6 Å². The van der Waals surface area contributed by atoms with Gasteiger partial charge >= 0.3 is 11.6 Å². The lowest BCUT2D eigenvalue weighted by atomic mass is 10.00. The first-order valence-electron chi connectivity index (χ1n) is 9.10. The lowest BCUT2D eigenvalue weighted by Gasteiger charge is -2.43. The zero-order valence-corrected chi connectivity index (χ0v) is 17.8. The summed E-state index contributed by atoms with van der Waals surface area (Å²) in [5, 5.41) is 51.8. The van der Waals surface area contributed by atoms with Crippen molar-refractivity contribution in [2.75, 3.05) is 6.61 Å². The number of nitrogens with one attached hydrogen (secondary N) is 1. The minimum atomic E-state index is -3.28. The van der Waals surface area contributed by atoms with E-state index < -0.39 is 48.0 Å². The van der Waals surface area contributed by atoms with Crippen LogP contribution in [0.15, 0.2) is 15.8 Å². The van der Waals surface area contributed by atoms with Gasteiger partial charge in [0.25, 0.3) is 5.56 Å². The van der Waals surface area contributed by atoms with Gasteiger partial charge in [0.1, 0.15) is 12.2 Å². The zero-order chi connectivity index (χ0) is 22.0. The summed E-state index contributed by atoms with van der Waals surface area (Å²) in [7, 11) is 0. The number of rotatable bonds is 9. The summed E-state index contributed by atoms with van der Waals surface area (Å²) in [6.07, 6.45) is -2.85. The minimum absolute atomic E-state index is 0.107. The molecule has 1 aromatic rings. The monoisotopic (exact) mass is 533 g/mol. The molecule has 6 N–H and O–H groups in total. The molecule has 0 aliphatic carbocycles. The molecule has 1 fully saturated rings. The van der Waals surface area contributed by atoms with Crippen LogP contribution in [0.5, 0.6) is 0 Å². The second kappa shape index (κ2) is 9.47. The maximum Gasteiger partial charge on any atom is 0.332 e. The molecule has 1 aliphatic heterocycles. The number of aliphatic hydroxyl groups is 4. The Labute approximate surface area is 178 Å². The lowest BCUT2D eigenvalue weighted by Crippen LogP contribution is -2.69. The first-order valence-corrected chi connectivity index (χ1v) is 10.2. The molecule has 29 heavy (non-hydrogen) atoms. The van der Waals surface area contributed by atoms with Crippen LogP contribution in [0.2, 0.25) is 0 Å². The number of aliphatic hydroxyl groups excluding tert-OH is 2. The number of nitrogens with zero attached hydrogens (tertiary/aromatic N) is 2. The molecule has 1 aromatic heterocycles. The molecule has 0 spiro atoms. The number of hydroxylamine groups is 2. The van der Waals surface area contributed by atoms with E-state index in [2.05, 4.69) is 0 Å². The molecular formula is C16H25FIN3O8. The van der Waals surface area contributed by atoms with E-state index in [0.29, 0.717) is 17.4 Å². The highest BCUT2D eigenvalue weighted by atomic mass is 127. The number of unbranched alkanes of at least 4 members (excludes halogenated alkanes) is 3. The average Bonchev–Trinajstić information content (AvgIpc) is 2.89. The molecule has 0 bridgehead atoms. The van der Waals surface area contributed by atoms with Gasteiger partial charge in [-0.2, -0.15) is 0 Å². The fraction of sp³-hybridized carbons (Fsp3) is 0.750. The van der Waals surface area contributed by atoms with E-state index in [1.54, 1.807) is 0 Å². The highest BCUT2D eigenvalue weighted by Crippen LogP contribution is 2.44. The van der Waals surface area contributed by atoms with Crippen molar-refractivity contribution in [1.82, 2.24) is 14.6 Å². The number of aromatic amines is 1. The third kappa shape index (κ3) is 4.27. The van der Waals surface area contributed by atoms with Gasteiger partial charge in [-0.3, -0.25) is 9.78 Å². The van der Waals surface area contributed by atoms with E-state index in [0.717, 1.165) is 19.0 Å². The number of hydrogen-bond acceptors (Lipinski definition) is 9. The van der Waals surface area contributed by atoms with E-state index in [1.807, 2.05) is 11.9 Å². The topological polar surface area (TPSA) is 168 Å². The number of aromatic nitrogens is 2. The molecule has 1 saturated heterocycles. The fourth-order valence-corrected chi connectivity index (χ4v) is 3.63. The predicted molar refractivity (Wildman–Crippen MR) is 104 cm³/mol. The molecule has 11 nitrogen and oxygen atoms in total. The number of H-pyrrole nitrogens is 1. The van der Waals surface area contributed by atoms with Crippen molar-refractivity contribution in [2.45, 2.75) is 69.2 Å². The molecule has 0 amide bonds. The van der Waals surface area contributed by atoms with Crippen LogP contribution in [0, 0.1) is 3.57 Å². The van der Waals surface area contributed by atoms with Crippen molar-refractivity contribution in [3.8, 4) is 0 Å². The van der Waals surface area contributed by atoms with Crippen molar-refractivity contribution in [1.29, 1.82) is 0 Å². The maximum absolute atomic E-state index is 14.7.